The van der Waals surface area contributed by atoms with Crippen LogP contribution in [0, 0.1) is 0 Å². The molecule has 0 amide bonds. The smallest absolute Gasteiger partial charge is 0.377 e. The molecule has 0 N–H and O–H groups in total. The van der Waals surface area contributed by atoms with Gasteiger partial charge in [-0.25, -0.2) is 35.8 Å². The molecule has 3 aromatic heterocycles. The molecule has 0 aliphatic carbocycles. The Morgan fingerprint density at radius 2 is 1.88 bits per heavy atom. The largest absolute Gasteiger partial charge is 0.419 e. The number of morpholine rings is 1. The van der Waals surface area contributed by atoms with Gasteiger partial charge < -0.3 is 9.64 Å². The third kappa shape index (κ3) is 4.61. The van der Waals surface area contributed by atoms with Crippen LogP contribution in [-0.2, 0) is 30.4 Å². The summed E-state index contributed by atoms with van der Waals surface area (Å²) in [6.07, 6.45) is -2.87. The summed E-state index contributed by atoms with van der Waals surface area (Å²) < 4.78 is 96.1. The first-order valence-corrected chi connectivity index (χ1v) is 14.5. The zero-order chi connectivity index (χ0) is 25.1. The van der Waals surface area contributed by atoms with Gasteiger partial charge in [0.1, 0.15) is 11.4 Å². The van der Waals surface area contributed by atoms with E-state index in [0.29, 0.717) is 31.8 Å². The summed E-state index contributed by atoms with van der Waals surface area (Å²) in [6.45, 7) is 3.24. The lowest BCUT2D eigenvalue weighted by atomic mass is 10.1. The standard InChI is InChI=1S/C18H19F3N5O5PS2/c1-10-9-31-6-5-25(10)14-4-3-11-12(8-26(16(11)23-14)34(29,30)32)15-13(18(19,20)21)7-22-17(24-15)33(2,27)28/h3-4,7-8,10H,5-6,9,32H2,1-2H3/t10-/m0/s1. The molecule has 0 saturated carbocycles. The van der Waals surface area contributed by atoms with E-state index in [1.54, 1.807) is 14.5 Å². The van der Waals surface area contributed by atoms with Gasteiger partial charge >= 0.3 is 6.18 Å². The first kappa shape index (κ1) is 24.8. The molecule has 1 aliphatic heterocycles. The number of halogens is 3. The maximum Gasteiger partial charge on any atom is 0.419 e. The van der Waals surface area contributed by atoms with E-state index in [1.165, 1.54) is 6.07 Å². The lowest BCUT2D eigenvalue weighted by Crippen LogP contribution is -2.44. The van der Waals surface area contributed by atoms with E-state index in [2.05, 4.69) is 15.0 Å². The topological polar surface area (TPSA) is 124 Å². The lowest BCUT2D eigenvalue weighted by molar-refractivity contribution is -0.137. The van der Waals surface area contributed by atoms with Crippen molar-refractivity contribution in [2.24, 2.45) is 0 Å². The predicted molar refractivity (Wildman–Crippen MR) is 121 cm³/mol. The third-order valence-corrected chi connectivity index (χ3v) is 7.57. The zero-order valence-electron chi connectivity index (χ0n) is 17.8. The Kier molecular flexibility index (Phi) is 6.12. The summed E-state index contributed by atoms with van der Waals surface area (Å²) >= 11 is 0. The second kappa shape index (κ2) is 8.40. The predicted octanol–water partition coefficient (Wildman–Crippen LogP) is 2.11. The van der Waals surface area contributed by atoms with E-state index in [1.807, 2.05) is 11.8 Å². The third-order valence-electron chi connectivity index (χ3n) is 5.20. The summed E-state index contributed by atoms with van der Waals surface area (Å²) in [6, 6.07) is 2.92. The molecule has 3 aromatic rings. The van der Waals surface area contributed by atoms with Gasteiger partial charge in [0, 0.05) is 44.6 Å². The minimum Gasteiger partial charge on any atom is -0.377 e. The van der Waals surface area contributed by atoms with Crippen molar-refractivity contribution in [3.05, 3.63) is 30.1 Å². The summed E-state index contributed by atoms with van der Waals surface area (Å²) in [5.41, 5.74) is -2.47. The van der Waals surface area contributed by atoms with E-state index in [0.717, 1.165) is 16.4 Å². The molecule has 4 rings (SSSR count). The van der Waals surface area contributed by atoms with E-state index >= 15 is 0 Å². The van der Waals surface area contributed by atoms with Gasteiger partial charge in [-0.3, -0.25) is 0 Å². The lowest BCUT2D eigenvalue weighted by Gasteiger charge is -2.34. The fourth-order valence-corrected chi connectivity index (χ4v) is 5.25. The molecule has 0 spiro atoms. The second-order valence-corrected chi connectivity index (χ2v) is 12.8. The number of hydrogen-bond acceptors (Lipinski definition) is 9. The highest BCUT2D eigenvalue weighted by Gasteiger charge is 2.37. The zero-order valence-corrected chi connectivity index (χ0v) is 20.6. The van der Waals surface area contributed by atoms with Gasteiger partial charge in [-0.1, -0.05) is 0 Å². The molecule has 10 nitrogen and oxygen atoms in total. The molecule has 34 heavy (non-hydrogen) atoms. The number of aromatic nitrogens is 4. The van der Waals surface area contributed by atoms with Crippen LogP contribution in [0.3, 0.4) is 0 Å². The molecule has 0 bridgehead atoms. The molecule has 1 saturated heterocycles. The van der Waals surface area contributed by atoms with Crippen molar-refractivity contribution in [1.82, 2.24) is 18.9 Å². The molecule has 0 radical (unpaired) electrons. The number of rotatable bonds is 4. The summed E-state index contributed by atoms with van der Waals surface area (Å²) in [5, 5.41) is -0.781. The van der Waals surface area contributed by atoms with Crippen LogP contribution in [-0.4, -0.2) is 67.8 Å². The minimum absolute atomic E-state index is 0.0411. The Morgan fingerprint density at radius 1 is 1.18 bits per heavy atom. The van der Waals surface area contributed by atoms with E-state index in [9.17, 15) is 30.0 Å². The van der Waals surface area contributed by atoms with Crippen LogP contribution in [0.1, 0.15) is 12.5 Å². The Balaban J connectivity index is 2.02. The summed E-state index contributed by atoms with van der Waals surface area (Å²) in [4.78, 5) is 13.3. The molecular weight excluding hydrogens is 518 g/mol. The van der Waals surface area contributed by atoms with Crippen molar-refractivity contribution >= 4 is 44.8 Å². The molecule has 1 aliphatic rings. The number of fused-ring (bicyclic) bond motifs is 1. The van der Waals surface area contributed by atoms with Crippen LogP contribution in [0.2, 0.25) is 0 Å². The van der Waals surface area contributed by atoms with Gasteiger partial charge in [0.05, 0.1) is 24.9 Å². The first-order valence-electron chi connectivity index (χ1n) is 9.72. The number of anilines is 1. The minimum atomic E-state index is -4.93. The average Bonchev–Trinajstić information content (AvgIpc) is 3.11. The van der Waals surface area contributed by atoms with Gasteiger partial charge in [-0.2, -0.15) is 13.2 Å². The van der Waals surface area contributed by atoms with Crippen LogP contribution in [0.5, 0.6) is 0 Å². The Morgan fingerprint density at radius 3 is 2.47 bits per heavy atom. The Bertz CT molecular complexity index is 1490. The number of alkyl halides is 3. The van der Waals surface area contributed by atoms with E-state index in [-0.39, 0.29) is 22.6 Å². The van der Waals surface area contributed by atoms with Gasteiger partial charge in [-0.05, 0) is 19.1 Å². The molecule has 1 unspecified atom stereocenters. The fourth-order valence-electron chi connectivity index (χ4n) is 3.63. The SMILES string of the molecule is C[C@H]1COCCN1c1ccc2c(-c3nc(S(C)(=O)=O)ncc3C(F)(F)F)cn(S(=O)(=O)P)c2n1. The normalized spacial score (nSPS) is 17.9. The number of ether oxygens (including phenoxy) is 1. The highest BCUT2D eigenvalue weighted by molar-refractivity contribution is 8.36. The molecule has 184 valence electrons. The van der Waals surface area contributed by atoms with Crippen LogP contribution in [0.4, 0.5) is 19.0 Å². The van der Waals surface area contributed by atoms with Crippen LogP contribution < -0.4 is 4.90 Å². The molecule has 4 heterocycles. The van der Waals surface area contributed by atoms with Crippen molar-refractivity contribution in [1.29, 1.82) is 0 Å². The quantitative estimate of drug-likeness (QED) is 0.364. The summed E-state index contributed by atoms with van der Waals surface area (Å²) in [5.74, 6) is 0.415. The average molecular weight is 537 g/mol. The van der Waals surface area contributed by atoms with Crippen molar-refractivity contribution in [3.63, 3.8) is 0 Å². The van der Waals surface area contributed by atoms with Crippen LogP contribution >= 0.6 is 8.44 Å². The van der Waals surface area contributed by atoms with Crippen molar-refractivity contribution in [2.45, 2.75) is 24.3 Å². The molecule has 0 aromatic carbocycles. The number of pyridine rings is 1. The maximum absolute atomic E-state index is 13.8. The van der Waals surface area contributed by atoms with Crippen molar-refractivity contribution < 1.29 is 34.7 Å². The van der Waals surface area contributed by atoms with Crippen molar-refractivity contribution in [2.75, 3.05) is 30.9 Å². The molecular formula is C18H19F3N5O5PS2. The molecule has 16 heteroatoms. The monoisotopic (exact) mass is 537 g/mol. The first-order chi connectivity index (χ1) is 15.7. The fraction of sp³-hybridized carbons (Fsp3) is 0.389. The molecule has 1 fully saturated rings. The number of hydrogen-bond donors (Lipinski definition) is 0. The Labute approximate surface area is 195 Å². The Hall–Kier alpha value is -2.35. The van der Waals surface area contributed by atoms with Crippen LogP contribution in [0.15, 0.2) is 29.7 Å². The van der Waals surface area contributed by atoms with Crippen molar-refractivity contribution in [3.8, 4) is 11.3 Å². The van der Waals surface area contributed by atoms with Crippen LogP contribution in [0.25, 0.3) is 22.3 Å². The second-order valence-electron chi connectivity index (χ2n) is 7.73. The molecule has 2 atom stereocenters. The maximum atomic E-state index is 13.8. The highest BCUT2D eigenvalue weighted by atomic mass is 32.7. The van der Waals surface area contributed by atoms with Gasteiger partial charge in [0.15, 0.2) is 5.65 Å². The number of sulfone groups is 1. The van der Waals surface area contributed by atoms with Gasteiger partial charge in [-0.15, -0.1) is 0 Å². The highest BCUT2D eigenvalue weighted by Crippen LogP contribution is 2.40. The van der Waals surface area contributed by atoms with Gasteiger partial charge in [0.25, 0.3) is 9.64 Å². The van der Waals surface area contributed by atoms with E-state index < -0.39 is 42.1 Å². The van der Waals surface area contributed by atoms with Gasteiger partial charge in [0.2, 0.25) is 15.0 Å². The number of nitrogens with zero attached hydrogens (tertiary/aromatic N) is 5. The van der Waals surface area contributed by atoms with E-state index in [4.69, 9.17) is 4.74 Å². The summed E-state index contributed by atoms with van der Waals surface area (Å²) in [7, 11) is -6.51.